The first kappa shape index (κ1) is 7.76. The number of pyridine rings is 1. The van der Waals surface area contributed by atoms with Gasteiger partial charge in [-0.25, -0.2) is 4.98 Å². The maximum Gasteiger partial charge on any atom is 0.137 e. The number of aromatic nitrogens is 2. The third-order valence-corrected chi connectivity index (χ3v) is 2.94. The quantitative estimate of drug-likeness (QED) is 0.590. The smallest absolute Gasteiger partial charge is 0.137 e. The van der Waals surface area contributed by atoms with E-state index >= 15 is 0 Å². The molecule has 0 unspecified atom stereocenters. The van der Waals surface area contributed by atoms with Crippen molar-refractivity contribution < 1.29 is 0 Å². The molecule has 0 saturated carbocycles. The zero-order valence-electron chi connectivity index (χ0n) is 7.42. The second kappa shape index (κ2) is 2.96. The molecule has 3 aromatic heterocycles. The van der Waals surface area contributed by atoms with Crippen LogP contribution in [0.5, 0.6) is 0 Å². The zero-order valence-corrected chi connectivity index (χ0v) is 8.24. The normalized spacial score (nSPS) is 10.9. The van der Waals surface area contributed by atoms with E-state index in [1.165, 1.54) is 11.1 Å². The van der Waals surface area contributed by atoms with Crippen LogP contribution in [0.25, 0.3) is 16.8 Å². The van der Waals surface area contributed by atoms with Crippen molar-refractivity contribution in [1.29, 1.82) is 0 Å². The third-order valence-electron chi connectivity index (χ3n) is 2.25. The van der Waals surface area contributed by atoms with Gasteiger partial charge >= 0.3 is 0 Å². The molecule has 0 aliphatic carbocycles. The minimum Gasteiger partial charge on any atom is -0.307 e. The van der Waals surface area contributed by atoms with Gasteiger partial charge in [-0.15, -0.1) is 0 Å². The number of thiophene rings is 1. The number of hydrogen-bond acceptors (Lipinski definition) is 2. The summed E-state index contributed by atoms with van der Waals surface area (Å²) in [5.74, 6) is 0. The molecule has 0 aliphatic rings. The van der Waals surface area contributed by atoms with Crippen LogP contribution in [-0.4, -0.2) is 9.38 Å². The fourth-order valence-corrected chi connectivity index (χ4v) is 2.18. The van der Waals surface area contributed by atoms with Crippen LogP contribution in [0.2, 0.25) is 0 Å². The van der Waals surface area contributed by atoms with Gasteiger partial charge < -0.3 is 4.40 Å². The molecule has 3 rings (SSSR count). The molecule has 0 aromatic carbocycles. The van der Waals surface area contributed by atoms with Crippen LogP contribution < -0.4 is 0 Å². The second-order valence-corrected chi connectivity index (χ2v) is 3.90. The highest BCUT2D eigenvalue weighted by Gasteiger charge is 1.99. The van der Waals surface area contributed by atoms with Crippen molar-refractivity contribution in [3.05, 3.63) is 47.5 Å². The fraction of sp³-hybridized carbons (Fsp3) is 0. The number of nitrogens with zero attached hydrogens (tertiary/aromatic N) is 2. The van der Waals surface area contributed by atoms with Gasteiger partial charge in [0.1, 0.15) is 5.65 Å². The Kier molecular flexibility index (Phi) is 1.64. The fourth-order valence-electron chi connectivity index (χ4n) is 1.52. The molecular formula is C11H8N2S. The molecule has 68 valence electrons. The van der Waals surface area contributed by atoms with Gasteiger partial charge in [0, 0.05) is 18.6 Å². The zero-order chi connectivity index (χ0) is 9.38. The molecule has 2 nitrogen and oxygen atoms in total. The molecule has 0 saturated heterocycles. The van der Waals surface area contributed by atoms with Gasteiger partial charge in [0.15, 0.2) is 0 Å². The molecule has 3 aromatic rings. The Hall–Kier alpha value is -1.61. The van der Waals surface area contributed by atoms with Crippen LogP contribution in [-0.2, 0) is 0 Å². The molecular weight excluding hydrogens is 192 g/mol. The standard InChI is InChI=1S/C11H8N2S/c1-4-13-5-3-12-11(13)7-9(1)10-2-6-14-8-10/h1-8H. The van der Waals surface area contributed by atoms with Crippen molar-refractivity contribution in [1.82, 2.24) is 9.38 Å². The second-order valence-electron chi connectivity index (χ2n) is 3.12. The Morgan fingerprint density at radius 3 is 3.00 bits per heavy atom. The van der Waals surface area contributed by atoms with E-state index in [1.807, 2.05) is 23.0 Å². The minimum absolute atomic E-state index is 0.994. The van der Waals surface area contributed by atoms with E-state index in [4.69, 9.17) is 0 Å². The van der Waals surface area contributed by atoms with Gasteiger partial charge in [0.25, 0.3) is 0 Å². The largest absolute Gasteiger partial charge is 0.307 e. The maximum atomic E-state index is 4.26. The lowest BCUT2D eigenvalue weighted by molar-refractivity contribution is 1.19. The average molecular weight is 200 g/mol. The molecule has 0 N–H and O–H groups in total. The molecule has 0 spiro atoms. The first-order valence-corrected chi connectivity index (χ1v) is 5.33. The van der Waals surface area contributed by atoms with E-state index in [0.29, 0.717) is 0 Å². The Labute approximate surface area is 85.5 Å². The van der Waals surface area contributed by atoms with Crippen molar-refractivity contribution in [3.63, 3.8) is 0 Å². The van der Waals surface area contributed by atoms with Crippen LogP contribution in [0, 0.1) is 0 Å². The van der Waals surface area contributed by atoms with Crippen LogP contribution in [0.15, 0.2) is 47.5 Å². The minimum atomic E-state index is 0.994. The highest BCUT2D eigenvalue weighted by atomic mass is 32.1. The molecule has 0 amide bonds. The SMILES string of the molecule is c1cn2ccc(-c3ccsc3)cc2n1. The van der Waals surface area contributed by atoms with Gasteiger partial charge in [0.2, 0.25) is 0 Å². The third kappa shape index (κ3) is 1.14. The van der Waals surface area contributed by atoms with E-state index < -0.39 is 0 Å². The Bertz CT molecular complexity index is 551. The molecule has 0 atom stereocenters. The van der Waals surface area contributed by atoms with Crippen LogP contribution in [0.1, 0.15) is 0 Å². The van der Waals surface area contributed by atoms with E-state index in [-0.39, 0.29) is 0 Å². The maximum absolute atomic E-state index is 4.26. The van der Waals surface area contributed by atoms with Gasteiger partial charge in [-0.05, 0) is 40.1 Å². The van der Waals surface area contributed by atoms with Crippen molar-refractivity contribution in [2.75, 3.05) is 0 Å². The van der Waals surface area contributed by atoms with Crippen molar-refractivity contribution in [2.24, 2.45) is 0 Å². The summed E-state index contributed by atoms with van der Waals surface area (Å²) in [5.41, 5.74) is 3.49. The summed E-state index contributed by atoms with van der Waals surface area (Å²) in [4.78, 5) is 4.26. The average Bonchev–Trinajstić information content (AvgIpc) is 2.88. The first-order chi connectivity index (χ1) is 6.93. The predicted octanol–water partition coefficient (Wildman–Crippen LogP) is 3.06. The van der Waals surface area contributed by atoms with Crippen molar-refractivity contribution >= 4 is 17.0 Å². The molecule has 0 radical (unpaired) electrons. The number of imidazole rings is 1. The van der Waals surface area contributed by atoms with E-state index in [9.17, 15) is 0 Å². The summed E-state index contributed by atoms with van der Waals surface area (Å²) in [6, 6.07) is 6.33. The Morgan fingerprint density at radius 2 is 2.14 bits per heavy atom. The van der Waals surface area contributed by atoms with E-state index in [1.54, 1.807) is 11.3 Å². The van der Waals surface area contributed by atoms with Gasteiger partial charge in [-0.1, -0.05) is 0 Å². The predicted molar refractivity (Wildman–Crippen MR) is 58.5 cm³/mol. The Balaban J connectivity index is 2.23. The highest BCUT2D eigenvalue weighted by molar-refractivity contribution is 7.08. The Morgan fingerprint density at radius 1 is 1.14 bits per heavy atom. The molecule has 0 aliphatic heterocycles. The van der Waals surface area contributed by atoms with Crippen LogP contribution in [0.4, 0.5) is 0 Å². The summed E-state index contributed by atoms with van der Waals surface area (Å²) in [5, 5.41) is 4.24. The van der Waals surface area contributed by atoms with Gasteiger partial charge in [-0.3, -0.25) is 0 Å². The lowest BCUT2D eigenvalue weighted by Crippen LogP contribution is -1.82. The molecule has 0 bridgehead atoms. The van der Waals surface area contributed by atoms with Gasteiger partial charge in [-0.2, -0.15) is 11.3 Å². The topological polar surface area (TPSA) is 17.3 Å². The molecule has 14 heavy (non-hydrogen) atoms. The number of rotatable bonds is 1. The summed E-state index contributed by atoms with van der Waals surface area (Å²) in [6.07, 6.45) is 5.80. The first-order valence-electron chi connectivity index (χ1n) is 4.39. The lowest BCUT2D eigenvalue weighted by Gasteiger charge is -1.98. The lowest BCUT2D eigenvalue weighted by atomic mass is 10.1. The molecule has 3 heterocycles. The van der Waals surface area contributed by atoms with E-state index in [2.05, 4.69) is 33.9 Å². The van der Waals surface area contributed by atoms with Crippen molar-refractivity contribution in [3.8, 4) is 11.1 Å². The van der Waals surface area contributed by atoms with Crippen molar-refractivity contribution in [2.45, 2.75) is 0 Å². The molecule has 0 fully saturated rings. The summed E-state index contributed by atoms with van der Waals surface area (Å²) in [6.45, 7) is 0. The number of fused-ring (bicyclic) bond motifs is 1. The highest BCUT2D eigenvalue weighted by Crippen LogP contribution is 2.22. The summed E-state index contributed by atoms with van der Waals surface area (Å²) in [7, 11) is 0. The summed E-state index contributed by atoms with van der Waals surface area (Å²) >= 11 is 1.71. The van der Waals surface area contributed by atoms with Gasteiger partial charge in [0.05, 0.1) is 0 Å². The van der Waals surface area contributed by atoms with Crippen LogP contribution >= 0.6 is 11.3 Å². The monoisotopic (exact) mass is 200 g/mol. The number of hydrogen-bond donors (Lipinski definition) is 0. The van der Waals surface area contributed by atoms with Crippen LogP contribution in [0.3, 0.4) is 0 Å². The summed E-state index contributed by atoms with van der Waals surface area (Å²) < 4.78 is 2.01. The van der Waals surface area contributed by atoms with E-state index in [0.717, 1.165) is 5.65 Å². The molecule has 3 heteroatoms.